The Balaban J connectivity index is 1.77. The van der Waals surface area contributed by atoms with Crippen molar-refractivity contribution in [2.75, 3.05) is 0 Å². The van der Waals surface area contributed by atoms with Crippen LogP contribution in [0, 0.1) is 6.92 Å². The highest BCUT2D eigenvalue weighted by Crippen LogP contribution is 2.29. The van der Waals surface area contributed by atoms with Crippen LogP contribution in [-0.2, 0) is 6.42 Å². The Kier molecular flexibility index (Phi) is 3.67. The first-order chi connectivity index (χ1) is 9.74. The van der Waals surface area contributed by atoms with Crippen LogP contribution < -0.4 is 0 Å². The number of nitrogens with zero attached hydrogens (tertiary/aromatic N) is 1. The number of furan rings is 1. The van der Waals surface area contributed by atoms with E-state index < -0.39 is 6.10 Å². The molecule has 102 valence electrons. The number of aliphatic hydroxyl groups excluding tert-OH is 1. The van der Waals surface area contributed by atoms with Gasteiger partial charge in [-0.25, -0.2) is 4.98 Å². The third kappa shape index (κ3) is 2.66. The molecular weight excluding hydrogens is 270 g/mol. The van der Waals surface area contributed by atoms with Gasteiger partial charge in [0.1, 0.15) is 10.8 Å². The van der Waals surface area contributed by atoms with E-state index in [1.165, 1.54) is 0 Å². The van der Waals surface area contributed by atoms with Gasteiger partial charge in [0.05, 0.1) is 23.6 Å². The summed E-state index contributed by atoms with van der Waals surface area (Å²) in [5.74, 6) is 0.870. The maximum atomic E-state index is 10.2. The van der Waals surface area contributed by atoms with E-state index in [-0.39, 0.29) is 0 Å². The molecule has 4 heteroatoms. The highest BCUT2D eigenvalue weighted by molar-refractivity contribution is 7.13. The molecule has 1 N–H and O–H groups in total. The molecule has 0 saturated heterocycles. The van der Waals surface area contributed by atoms with E-state index in [9.17, 15) is 5.11 Å². The van der Waals surface area contributed by atoms with Crippen LogP contribution in [0.5, 0.6) is 0 Å². The highest BCUT2D eigenvalue weighted by atomic mass is 32.1. The van der Waals surface area contributed by atoms with Gasteiger partial charge in [0.25, 0.3) is 0 Å². The van der Waals surface area contributed by atoms with Crippen molar-refractivity contribution in [3.63, 3.8) is 0 Å². The SMILES string of the molecule is Cc1occc1-c1nc(CC(O)c2ccccc2)cs1. The molecule has 2 heterocycles. The topological polar surface area (TPSA) is 46.3 Å². The molecule has 1 unspecified atom stereocenters. The summed E-state index contributed by atoms with van der Waals surface area (Å²) in [5, 5.41) is 13.1. The van der Waals surface area contributed by atoms with Gasteiger partial charge in [0.2, 0.25) is 0 Å². The van der Waals surface area contributed by atoms with Gasteiger partial charge in [-0.05, 0) is 18.6 Å². The monoisotopic (exact) mass is 285 g/mol. The number of aliphatic hydroxyl groups is 1. The summed E-state index contributed by atoms with van der Waals surface area (Å²) in [7, 11) is 0. The number of aryl methyl sites for hydroxylation is 1. The zero-order valence-corrected chi connectivity index (χ0v) is 11.9. The third-order valence-electron chi connectivity index (χ3n) is 3.23. The van der Waals surface area contributed by atoms with Crippen LogP contribution >= 0.6 is 11.3 Å². The van der Waals surface area contributed by atoms with Crippen molar-refractivity contribution in [1.82, 2.24) is 4.98 Å². The molecule has 0 spiro atoms. The summed E-state index contributed by atoms with van der Waals surface area (Å²) in [6.07, 6.45) is 1.68. The molecule has 0 aliphatic heterocycles. The molecule has 0 fully saturated rings. The first kappa shape index (κ1) is 13.1. The Morgan fingerprint density at radius 1 is 1.25 bits per heavy atom. The molecule has 0 saturated carbocycles. The highest BCUT2D eigenvalue weighted by Gasteiger charge is 2.13. The summed E-state index contributed by atoms with van der Waals surface area (Å²) in [6, 6.07) is 11.6. The van der Waals surface area contributed by atoms with Crippen molar-refractivity contribution < 1.29 is 9.52 Å². The van der Waals surface area contributed by atoms with Gasteiger partial charge < -0.3 is 9.52 Å². The van der Waals surface area contributed by atoms with Crippen LogP contribution in [0.4, 0.5) is 0 Å². The molecule has 20 heavy (non-hydrogen) atoms. The largest absolute Gasteiger partial charge is 0.469 e. The van der Waals surface area contributed by atoms with E-state index in [4.69, 9.17) is 4.42 Å². The normalized spacial score (nSPS) is 12.5. The molecule has 3 nitrogen and oxygen atoms in total. The van der Waals surface area contributed by atoms with Crippen LogP contribution in [0.3, 0.4) is 0 Å². The van der Waals surface area contributed by atoms with E-state index in [0.717, 1.165) is 27.6 Å². The summed E-state index contributed by atoms with van der Waals surface area (Å²) in [6.45, 7) is 1.93. The molecular formula is C16H15NO2S. The van der Waals surface area contributed by atoms with E-state index >= 15 is 0 Å². The summed E-state index contributed by atoms with van der Waals surface area (Å²) in [4.78, 5) is 4.58. The molecule has 1 atom stereocenters. The predicted octanol–water partition coefficient (Wildman–Crippen LogP) is 3.99. The fourth-order valence-electron chi connectivity index (χ4n) is 2.12. The average Bonchev–Trinajstić information content (AvgIpc) is 3.08. The van der Waals surface area contributed by atoms with Gasteiger partial charge in [-0.3, -0.25) is 0 Å². The smallest absolute Gasteiger partial charge is 0.127 e. The van der Waals surface area contributed by atoms with Gasteiger partial charge in [0, 0.05) is 11.8 Å². The number of hydrogen-bond acceptors (Lipinski definition) is 4. The van der Waals surface area contributed by atoms with Crippen LogP contribution in [0.2, 0.25) is 0 Å². The predicted molar refractivity (Wildman–Crippen MR) is 79.7 cm³/mol. The molecule has 0 aliphatic rings. The zero-order valence-electron chi connectivity index (χ0n) is 11.1. The molecule has 0 radical (unpaired) electrons. The van der Waals surface area contributed by atoms with Crippen LogP contribution in [0.15, 0.2) is 52.5 Å². The lowest BCUT2D eigenvalue weighted by Crippen LogP contribution is -2.01. The Hall–Kier alpha value is -1.91. The second-order valence-electron chi connectivity index (χ2n) is 4.67. The molecule has 3 rings (SSSR count). The Morgan fingerprint density at radius 3 is 2.75 bits per heavy atom. The van der Waals surface area contributed by atoms with Gasteiger partial charge in [0.15, 0.2) is 0 Å². The van der Waals surface area contributed by atoms with E-state index in [0.29, 0.717) is 6.42 Å². The van der Waals surface area contributed by atoms with Gasteiger partial charge >= 0.3 is 0 Å². The lowest BCUT2D eigenvalue weighted by molar-refractivity contribution is 0.177. The lowest BCUT2D eigenvalue weighted by atomic mass is 10.1. The first-order valence-electron chi connectivity index (χ1n) is 6.46. The van der Waals surface area contributed by atoms with Crippen LogP contribution in [-0.4, -0.2) is 10.1 Å². The molecule has 0 amide bonds. The lowest BCUT2D eigenvalue weighted by Gasteiger charge is -2.08. The van der Waals surface area contributed by atoms with Crippen molar-refractivity contribution in [3.8, 4) is 10.6 Å². The fraction of sp³-hybridized carbons (Fsp3) is 0.188. The Morgan fingerprint density at radius 2 is 2.05 bits per heavy atom. The van der Waals surface area contributed by atoms with Crippen LogP contribution in [0.1, 0.15) is 23.1 Å². The molecule has 0 bridgehead atoms. The molecule has 2 aromatic heterocycles. The summed E-state index contributed by atoms with van der Waals surface area (Å²) in [5.41, 5.74) is 2.85. The number of rotatable bonds is 4. The van der Waals surface area contributed by atoms with E-state index in [2.05, 4.69) is 4.98 Å². The maximum Gasteiger partial charge on any atom is 0.127 e. The van der Waals surface area contributed by atoms with Gasteiger partial charge in [-0.1, -0.05) is 30.3 Å². The number of aromatic nitrogens is 1. The molecule has 3 aromatic rings. The Labute approximate surface area is 121 Å². The van der Waals surface area contributed by atoms with Crippen molar-refractivity contribution in [1.29, 1.82) is 0 Å². The third-order valence-corrected chi connectivity index (χ3v) is 4.15. The fourth-order valence-corrected chi connectivity index (χ4v) is 3.03. The van der Waals surface area contributed by atoms with Crippen molar-refractivity contribution in [2.24, 2.45) is 0 Å². The standard InChI is InChI=1S/C16H15NO2S/c1-11-14(7-8-19-11)16-17-13(10-20-16)9-15(18)12-5-3-2-4-6-12/h2-8,10,15,18H,9H2,1H3. The van der Waals surface area contributed by atoms with Gasteiger partial charge in [-0.2, -0.15) is 0 Å². The van der Waals surface area contributed by atoms with E-state index in [1.54, 1.807) is 17.6 Å². The minimum atomic E-state index is -0.517. The van der Waals surface area contributed by atoms with E-state index in [1.807, 2.05) is 48.7 Å². The maximum absolute atomic E-state index is 10.2. The number of hydrogen-bond donors (Lipinski definition) is 1. The first-order valence-corrected chi connectivity index (χ1v) is 7.34. The zero-order chi connectivity index (χ0) is 13.9. The number of thiazole rings is 1. The average molecular weight is 285 g/mol. The van der Waals surface area contributed by atoms with Crippen molar-refractivity contribution in [3.05, 3.63) is 65.1 Å². The second-order valence-corrected chi connectivity index (χ2v) is 5.52. The molecule has 1 aromatic carbocycles. The quantitative estimate of drug-likeness (QED) is 0.788. The van der Waals surface area contributed by atoms with Crippen molar-refractivity contribution >= 4 is 11.3 Å². The minimum Gasteiger partial charge on any atom is -0.469 e. The second kappa shape index (κ2) is 5.61. The van der Waals surface area contributed by atoms with Crippen LogP contribution in [0.25, 0.3) is 10.6 Å². The molecule has 0 aliphatic carbocycles. The van der Waals surface area contributed by atoms with Gasteiger partial charge in [-0.15, -0.1) is 11.3 Å². The number of benzene rings is 1. The Bertz CT molecular complexity index is 687. The minimum absolute atomic E-state index is 0.517. The summed E-state index contributed by atoms with van der Waals surface area (Å²) < 4.78 is 5.30. The summed E-state index contributed by atoms with van der Waals surface area (Å²) >= 11 is 1.58. The van der Waals surface area contributed by atoms with Crippen molar-refractivity contribution in [2.45, 2.75) is 19.4 Å².